The first-order chi connectivity index (χ1) is 9.84. The zero-order valence-electron chi connectivity index (χ0n) is 11.8. The third-order valence-electron chi connectivity index (χ3n) is 3.32. The van der Waals surface area contributed by atoms with Gasteiger partial charge in [-0.05, 0) is 18.2 Å². The highest BCUT2D eigenvalue weighted by molar-refractivity contribution is 8.00. The molecule has 21 heavy (non-hydrogen) atoms. The van der Waals surface area contributed by atoms with Gasteiger partial charge >= 0.3 is 0 Å². The van der Waals surface area contributed by atoms with E-state index in [0.717, 1.165) is 5.75 Å². The number of hydrogen-bond acceptors (Lipinski definition) is 5. The number of thioether (sulfide) groups is 1. The lowest BCUT2D eigenvalue weighted by Crippen LogP contribution is -2.50. The Bertz CT molecular complexity index is 649. The Balaban J connectivity index is 2.40. The highest BCUT2D eigenvalue weighted by Crippen LogP contribution is 2.26. The van der Waals surface area contributed by atoms with Gasteiger partial charge in [0.1, 0.15) is 5.37 Å². The zero-order valence-corrected chi connectivity index (χ0v) is 14.2. The van der Waals surface area contributed by atoms with Crippen LogP contribution in [0.1, 0.15) is 10.4 Å². The first-order valence-corrected chi connectivity index (χ1v) is 9.88. The molecule has 1 aromatic rings. The van der Waals surface area contributed by atoms with Crippen LogP contribution in [0.2, 0.25) is 5.02 Å². The summed E-state index contributed by atoms with van der Waals surface area (Å²) < 4.78 is 23.8. The number of halogens is 1. The van der Waals surface area contributed by atoms with Crippen molar-refractivity contribution in [3.05, 3.63) is 28.8 Å². The van der Waals surface area contributed by atoms with Crippen LogP contribution in [-0.2, 0) is 9.84 Å². The van der Waals surface area contributed by atoms with Crippen LogP contribution in [-0.4, -0.2) is 56.0 Å². The molecule has 116 valence electrons. The number of nitrogens with zero attached hydrogens (tertiary/aromatic N) is 1. The summed E-state index contributed by atoms with van der Waals surface area (Å²) in [7, 11) is -1.62. The molecule has 1 amide bonds. The van der Waals surface area contributed by atoms with Crippen molar-refractivity contribution in [2.45, 2.75) is 5.37 Å². The molecule has 0 bridgehead atoms. The molecule has 8 heteroatoms. The lowest BCUT2D eigenvalue weighted by atomic mass is 10.1. The van der Waals surface area contributed by atoms with Crippen molar-refractivity contribution >= 4 is 44.8 Å². The van der Waals surface area contributed by atoms with Crippen molar-refractivity contribution in [2.24, 2.45) is 0 Å². The van der Waals surface area contributed by atoms with Crippen molar-refractivity contribution in [1.82, 2.24) is 4.90 Å². The second-order valence-electron chi connectivity index (χ2n) is 4.80. The lowest BCUT2D eigenvalue weighted by Gasteiger charge is -2.34. The molecule has 0 aromatic heterocycles. The van der Waals surface area contributed by atoms with E-state index in [2.05, 4.69) is 5.32 Å². The van der Waals surface area contributed by atoms with Crippen LogP contribution in [0.15, 0.2) is 18.2 Å². The number of nitrogens with one attached hydrogen (secondary N) is 1. The summed E-state index contributed by atoms with van der Waals surface area (Å²) in [6.07, 6.45) is 1.17. The average molecular weight is 349 g/mol. The molecule has 1 unspecified atom stereocenters. The summed E-state index contributed by atoms with van der Waals surface area (Å²) in [6.45, 7) is 0.414. The molecule has 5 nitrogen and oxygen atoms in total. The fourth-order valence-corrected chi connectivity index (χ4v) is 5.22. The minimum Gasteiger partial charge on any atom is -0.387 e. The van der Waals surface area contributed by atoms with E-state index >= 15 is 0 Å². The third-order valence-corrected chi connectivity index (χ3v) is 6.20. The van der Waals surface area contributed by atoms with Gasteiger partial charge in [-0.15, -0.1) is 0 Å². The van der Waals surface area contributed by atoms with Crippen molar-refractivity contribution < 1.29 is 13.2 Å². The number of sulfone groups is 1. The van der Waals surface area contributed by atoms with Crippen molar-refractivity contribution in [3.8, 4) is 0 Å². The van der Waals surface area contributed by atoms with E-state index in [1.807, 2.05) is 0 Å². The number of benzene rings is 1. The molecule has 2 rings (SSSR count). The van der Waals surface area contributed by atoms with Gasteiger partial charge in [0.2, 0.25) is 0 Å². The zero-order chi connectivity index (χ0) is 15.6. The molecule has 1 aliphatic heterocycles. The standard InChI is InChI=1S/C13H17ClN2O3S2/c1-15-11-4-3-9(14)7-10(11)13(17)16-5-6-20-8-12(16)21(2,18)19/h3-4,7,12,15H,5-6,8H2,1-2H3. The maximum atomic E-state index is 12.7. The molecule has 0 spiro atoms. The van der Waals surface area contributed by atoms with Gasteiger partial charge in [0.15, 0.2) is 9.84 Å². The fourth-order valence-electron chi connectivity index (χ4n) is 2.23. The molecule has 1 aliphatic rings. The van der Waals surface area contributed by atoms with Crippen LogP contribution in [0.25, 0.3) is 0 Å². The van der Waals surface area contributed by atoms with E-state index < -0.39 is 15.2 Å². The maximum Gasteiger partial charge on any atom is 0.257 e. The molecule has 1 saturated heterocycles. The van der Waals surface area contributed by atoms with Gasteiger partial charge in [0.05, 0.1) is 5.56 Å². The minimum absolute atomic E-state index is 0.308. The van der Waals surface area contributed by atoms with Crippen LogP contribution < -0.4 is 5.32 Å². The summed E-state index contributed by atoms with van der Waals surface area (Å²) in [5, 5.41) is 2.59. The molecule has 1 aromatic carbocycles. The first kappa shape index (κ1) is 16.5. The largest absolute Gasteiger partial charge is 0.387 e. The van der Waals surface area contributed by atoms with E-state index in [4.69, 9.17) is 11.6 Å². The second-order valence-corrected chi connectivity index (χ2v) is 8.59. The number of hydrogen-bond donors (Lipinski definition) is 1. The van der Waals surface area contributed by atoms with E-state index in [1.165, 1.54) is 11.2 Å². The normalized spacial score (nSPS) is 19.4. The molecule has 0 aliphatic carbocycles. The van der Waals surface area contributed by atoms with Gasteiger partial charge in [0, 0.05) is 42.1 Å². The topological polar surface area (TPSA) is 66.5 Å². The summed E-state index contributed by atoms with van der Waals surface area (Å²) >= 11 is 7.51. The maximum absolute atomic E-state index is 12.7. The summed E-state index contributed by atoms with van der Waals surface area (Å²) in [5.41, 5.74) is 1.03. The summed E-state index contributed by atoms with van der Waals surface area (Å²) in [6, 6.07) is 4.96. The van der Waals surface area contributed by atoms with Gasteiger partial charge < -0.3 is 10.2 Å². The lowest BCUT2D eigenvalue weighted by molar-refractivity contribution is 0.0750. The highest BCUT2D eigenvalue weighted by Gasteiger charge is 2.35. The van der Waals surface area contributed by atoms with Gasteiger partial charge in [-0.2, -0.15) is 11.8 Å². The number of carbonyl (C=O) groups excluding carboxylic acids is 1. The predicted octanol–water partition coefficient (Wildman–Crippen LogP) is 1.94. The Hall–Kier alpha value is -0.920. The molecular formula is C13H17ClN2O3S2. The van der Waals surface area contributed by atoms with Crippen LogP contribution in [0.4, 0.5) is 5.69 Å². The molecule has 0 radical (unpaired) electrons. The monoisotopic (exact) mass is 348 g/mol. The molecule has 1 heterocycles. The smallest absolute Gasteiger partial charge is 0.257 e. The quantitative estimate of drug-likeness (QED) is 0.904. The second kappa shape index (κ2) is 6.46. The Morgan fingerprint density at radius 1 is 1.48 bits per heavy atom. The van der Waals surface area contributed by atoms with Crippen LogP contribution in [0.5, 0.6) is 0 Å². The van der Waals surface area contributed by atoms with Crippen LogP contribution in [0, 0.1) is 0 Å². The Labute approximate surface area is 134 Å². The molecule has 1 N–H and O–H groups in total. The van der Waals surface area contributed by atoms with Gasteiger partial charge in [0.25, 0.3) is 5.91 Å². The Morgan fingerprint density at radius 2 is 2.19 bits per heavy atom. The Kier molecular flexibility index (Phi) is 5.06. The predicted molar refractivity (Wildman–Crippen MR) is 88.0 cm³/mol. The van der Waals surface area contributed by atoms with Crippen molar-refractivity contribution in [1.29, 1.82) is 0 Å². The van der Waals surface area contributed by atoms with Crippen molar-refractivity contribution in [3.63, 3.8) is 0 Å². The van der Waals surface area contributed by atoms with E-state index in [0.29, 0.717) is 28.6 Å². The molecule has 1 fully saturated rings. The van der Waals surface area contributed by atoms with Crippen molar-refractivity contribution in [2.75, 3.05) is 36.7 Å². The molecular weight excluding hydrogens is 332 g/mol. The Morgan fingerprint density at radius 3 is 2.81 bits per heavy atom. The average Bonchev–Trinajstić information content (AvgIpc) is 2.45. The number of rotatable bonds is 3. The summed E-state index contributed by atoms with van der Waals surface area (Å²) in [5.74, 6) is 0.824. The fraction of sp³-hybridized carbons (Fsp3) is 0.462. The molecule has 1 atom stereocenters. The van der Waals surface area contributed by atoms with E-state index in [-0.39, 0.29) is 5.91 Å². The highest BCUT2D eigenvalue weighted by atomic mass is 35.5. The molecule has 0 saturated carbocycles. The minimum atomic E-state index is -3.33. The van der Waals surface area contributed by atoms with Crippen LogP contribution in [0.3, 0.4) is 0 Å². The van der Waals surface area contributed by atoms with Gasteiger partial charge in [-0.1, -0.05) is 11.6 Å². The van der Waals surface area contributed by atoms with Gasteiger partial charge in [-0.3, -0.25) is 4.79 Å². The first-order valence-electron chi connectivity index (χ1n) is 6.39. The third kappa shape index (κ3) is 3.64. The van der Waals surface area contributed by atoms with E-state index in [1.54, 1.807) is 37.0 Å². The number of carbonyl (C=O) groups is 1. The van der Waals surface area contributed by atoms with Crippen LogP contribution >= 0.6 is 23.4 Å². The number of amides is 1. The summed E-state index contributed by atoms with van der Waals surface area (Å²) in [4.78, 5) is 14.2. The number of anilines is 1. The SMILES string of the molecule is CNc1ccc(Cl)cc1C(=O)N1CCSCC1S(C)(=O)=O. The van der Waals surface area contributed by atoms with E-state index in [9.17, 15) is 13.2 Å². The van der Waals surface area contributed by atoms with Gasteiger partial charge in [-0.25, -0.2) is 8.42 Å².